The van der Waals surface area contributed by atoms with Crippen LogP contribution < -0.4 is 25.6 Å². The molecule has 1 amide bonds. The normalized spacial score (nSPS) is 15.8. The molecule has 0 aliphatic carbocycles. The number of hydrogen-bond donors (Lipinski definition) is 4. The highest BCUT2D eigenvalue weighted by Gasteiger charge is 2.28. The quantitative estimate of drug-likeness (QED) is 0.201. The lowest BCUT2D eigenvalue weighted by molar-refractivity contribution is -0.111. The van der Waals surface area contributed by atoms with Gasteiger partial charge in [-0.15, -0.1) is 0 Å². The number of carbonyl (C=O) groups excluding carboxylic acids is 1. The number of benzene rings is 2. The molecule has 0 unspecified atom stereocenters. The van der Waals surface area contributed by atoms with Crippen molar-refractivity contribution >= 4 is 40.7 Å². The third-order valence-electron chi connectivity index (χ3n) is 7.93. The van der Waals surface area contributed by atoms with E-state index in [4.69, 9.17) is 10.1 Å². The zero-order valence-corrected chi connectivity index (χ0v) is 23.7. The van der Waals surface area contributed by atoms with E-state index in [0.29, 0.717) is 29.0 Å². The Bertz CT molecular complexity index is 1410. The third-order valence-corrected chi connectivity index (χ3v) is 7.93. The number of nitrogens with zero attached hydrogens (tertiary/aromatic N) is 4. The van der Waals surface area contributed by atoms with E-state index in [2.05, 4.69) is 42.3 Å². The Morgan fingerprint density at radius 2 is 1.83 bits per heavy atom. The van der Waals surface area contributed by atoms with Gasteiger partial charge in [-0.05, 0) is 57.0 Å². The largest absolute Gasteiger partial charge is 0.494 e. The standard InChI is InChI=1S/C31H38N8O2/c1-4-31(40)37-26-16-27(29(41-3)18-28(26)39-13-9-23(10-14-39)38-11-5-6-12-38)36-30-17-25(34-20-35-30)21-7-8-22(19-32)24(15-21)33-2/h4,7-8,15-20,23,32-33H,1,5-6,9-14H2,2-3H3,(H,37,40)(H,34,35,36). The van der Waals surface area contributed by atoms with Crippen LogP contribution in [0, 0.1) is 5.41 Å². The summed E-state index contributed by atoms with van der Waals surface area (Å²) >= 11 is 0. The van der Waals surface area contributed by atoms with E-state index in [1.165, 1.54) is 44.5 Å². The maximum atomic E-state index is 12.4. The molecule has 0 saturated carbocycles. The number of likely N-dealkylation sites (tertiary alicyclic amines) is 1. The zero-order valence-electron chi connectivity index (χ0n) is 23.7. The van der Waals surface area contributed by atoms with Gasteiger partial charge < -0.3 is 35.9 Å². The number of ether oxygens (including phenoxy) is 1. The van der Waals surface area contributed by atoms with Crippen LogP contribution in [0.3, 0.4) is 0 Å². The second-order valence-corrected chi connectivity index (χ2v) is 10.3. The van der Waals surface area contributed by atoms with Gasteiger partial charge in [-0.25, -0.2) is 9.97 Å². The zero-order chi connectivity index (χ0) is 28.8. The number of anilines is 5. The maximum absolute atomic E-state index is 12.4. The van der Waals surface area contributed by atoms with Crippen molar-refractivity contribution < 1.29 is 9.53 Å². The number of hydrogen-bond acceptors (Lipinski definition) is 9. The summed E-state index contributed by atoms with van der Waals surface area (Å²) in [5.41, 5.74) is 5.54. The Kier molecular flexibility index (Phi) is 8.79. The summed E-state index contributed by atoms with van der Waals surface area (Å²) in [4.78, 5) is 26.3. The maximum Gasteiger partial charge on any atom is 0.247 e. The molecular weight excluding hydrogens is 516 g/mol. The highest BCUT2D eigenvalue weighted by atomic mass is 16.5. The summed E-state index contributed by atoms with van der Waals surface area (Å²) in [5, 5.41) is 17.1. The van der Waals surface area contributed by atoms with E-state index in [1.54, 1.807) is 7.11 Å². The van der Waals surface area contributed by atoms with Crippen LogP contribution in [0.4, 0.5) is 28.6 Å². The van der Waals surface area contributed by atoms with Gasteiger partial charge in [-0.3, -0.25) is 4.79 Å². The predicted molar refractivity (Wildman–Crippen MR) is 166 cm³/mol. The molecule has 0 atom stereocenters. The Labute approximate surface area is 241 Å². The van der Waals surface area contributed by atoms with Gasteiger partial charge in [-0.1, -0.05) is 18.7 Å². The number of aromatic nitrogens is 2. The van der Waals surface area contributed by atoms with Gasteiger partial charge in [0, 0.05) is 61.3 Å². The SMILES string of the molecule is C=CC(=O)Nc1cc(Nc2cc(-c3ccc(C=N)c(NC)c3)ncn2)c(OC)cc1N1CCC(N2CCCC2)CC1. The molecule has 2 fully saturated rings. The van der Waals surface area contributed by atoms with E-state index in [-0.39, 0.29) is 5.91 Å². The monoisotopic (exact) mass is 554 g/mol. The first-order chi connectivity index (χ1) is 20.0. The van der Waals surface area contributed by atoms with Crippen molar-refractivity contribution in [3.8, 4) is 17.0 Å². The Morgan fingerprint density at radius 3 is 2.51 bits per heavy atom. The van der Waals surface area contributed by atoms with E-state index >= 15 is 0 Å². The van der Waals surface area contributed by atoms with Crippen molar-refractivity contribution in [3.63, 3.8) is 0 Å². The molecule has 2 aromatic carbocycles. The molecule has 41 heavy (non-hydrogen) atoms. The number of rotatable bonds is 10. The van der Waals surface area contributed by atoms with E-state index in [0.717, 1.165) is 54.1 Å². The molecule has 3 aromatic rings. The minimum atomic E-state index is -0.271. The van der Waals surface area contributed by atoms with Crippen LogP contribution in [0.25, 0.3) is 11.3 Å². The molecule has 3 heterocycles. The third kappa shape index (κ3) is 6.33. The summed E-state index contributed by atoms with van der Waals surface area (Å²) in [5.74, 6) is 0.953. The fourth-order valence-corrected chi connectivity index (χ4v) is 5.74. The van der Waals surface area contributed by atoms with Crippen molar-refractivity contribution in [2.75, 3.05) is 61.2 Å². The summed E-state index contributed by atoms with van der Waals surface area (Å²) in [6, 6.07) is 12.1. The van der Waals surface area contributed by atoms with Crippen LogP contribution >= 0.6 is 0 Å². The molecule has 2 aliphatic heterocycles. The van der Waals surface area contributed by atoms with E-state index in [9.17, 15) is 4.79 Å². The smallest absolute Gasteiger partial charge is 0.247 e. The predicted octanol–water partition coefficient (Wildman–Crippen LogP) is 5.12. The number of piperidine rings is 1. The summed E-state index contributed by atoms with van der Waals surface area (Å²) in [7, 11) is 3.47. The molecule has 2 aliphatic rings. The average Bonchev–Trinajstić information content (AvgIpc) is 3.56. The second-order valence-electron chi connectivity index (χ2n) is 10.3. The van der Waals surface area contributed by atoms with Gasteiger partial charge in [0.1, 0.15) is 17.9 Å². The number of methoxy groups -OCH3 is 1. The minimum Gasteiger partial charge on any atom is -0.494 e. The van der Waals surface area contributed by atoms with Gasteiger partial charge in [0.25, 0.3) is 0 Å². The van der Waals surface area contributed by atoms with Crippen LogP contribution in [0.1, 0.15) is 31.2 Å². The number of carbonyl (C=O) groups is 1. The Hall–Kier alpha value is -4.44. The highest BCUT2D eigenvalue weighted by Crippen LogP contribution is 2.40. The van der Waals surface area contributed by atoms with Crippen molar-refractivity contribution in [3.05, 3.63) is 60.9 Å². The summed E-state index contributed by atoms with van der Waals surface area (Å²) in [6.45, 7) is 7.86. The summed E-state index contributed by atoms with van der Waals surface area (Å²) in [6.07, 6.45) is 8.88. The van der Waals surface area contributed by atoms with Crippen LogP contribution in [0.5, 0.6) is 5.75 Å². The summed E-state index contributed by atoms with van der Waals surface area (Å²) < 4.78 is 5.81. The first-order valence-electron chi connectivity index (χ1n) is 14.1. The van der Waals surface area contributed by atoms with Gasteiger partial charge in [0.15, 0.2) is 0 Å². The van der Waals surface area contributed by atoms with Crippen molar-refractivity contribution in [2.24, 2.45) is 0 Å². The van der Waals surface area contributed by atoms with Crippen molar-refractivity contribution in [2.45, 2.75) is 31.7 Å². The Morgan fingerprint density at radius 1 is 1.05 bits per heavy atom. The first-order valence-corrected chi connectivity index (χ1v) is 14.1. The second kappa shape index (κ2) is 12.8. The molecule has 4 N–H and O–H groups in total. The molecule has 214 valence electrons. The highest BCUT2D eigenvalue weighted by molar-refractivity contribution is 6.02. The van der Waals surface area contributed by atoms with Gasteiger partial charge >= 0.3 is 0 Å². The molecule has 0 radical (unpaired) electrons. The van der Waals surface area contributed by atoms with Crippen molar-refractivity contribution in [1.29, 1.82) is 5.41 Å². The van der Waals surface area contributed by atoms with Gasteiger partial charge in [-0.2, -0.15) is 0 Å². The number of amides is 1. The average molecular weight is 555 g/mol. The molecule has 2 saturated heterocycles. The fourth-order valence-electron chi connectivity index (χ4n) is 5.74. The van der Waals surface area contributed by atoms with E-state index in [1.807, 2.05) is 43.4 Å². The lowest BCUT2D eigenvalue weighted by Gasteiger charge is -2.38. The van der Waals surface area contributed by atoms with Gasteiger partial charge in [0.2, 0.25) is 5.91 Å². The Balaban J connectivity index is 1.42. The van der Waals surface area contributed by atoms with Crippen LogP contribution in [-0.2, 0) is 4.79 Å². The van der Waals surface area contributed by atoms with Crippen LogP contribution in [-0.4, -0.2) is 73.4 Å². The molecular formula is C31H38N8O2. The lowest BCUT2D eigenvalue weighted by atomic mass is 10.0. The van der Waals surface area contributed by atoms with Crippen molar-refractivity contribution in [1.82, 2.24) is 14.9 Å². The molecule has 0 spiro atoms. The molecule has 10 heteroatoms. The first kappa shape index (κ1) is 28.1. The van der Waals surface area contributed by atoms with Gasteiger partial charge in [0.05, 0.1) is 29.9 Å². The number of nitrogens with one attached hydrogen (secondary N) is 4. The molecule has 5 rings (SSSR count). The lowest BCUT2D eigenvalue weighted by Crippen LogP contribution is -2.44. The van der Waals surface area contributed by atoms with E-state index < -0.39 is 0 Å². The molecule has 0 bridgehead atoms. The van der Waals surface area contributed by atoms with Crippen LogP contribution in [0.15, 0.2) is 55.4 Å². The molecule has 10 nitrogen and oxygen atoms in total. The topological polar surface area (TPSA) is 118 Å². The molecule has 1 aromatic heterocycles. The minimum absolute atomic E-state index is 0.271. The fraction of sp³-hybridized carbons (Fsp3) is 0.355. The van der Waals surface area contributed by atoms with Crippen LogP contribution in [0.2, 0.25) is 0 Å².